The molecule has 2 aromatic rings. The van der Waals surface area contributed by atoms with Crippen LogP contribution in [-0.4, -0.2) is 15.4 Å². The van der Waals surface area contributed by atoms with E-state index in [1.807, 2.05) is 24.5 Å². The molecule has 0 aliphatic rings. The van der Waals surface area contributed by atoms with Gasteiger partial charge in [0.2, 0.25) is 0 Å². The molecule has 0 fully saturated rings. The maximum absolute atomic E-state index is 5.86. The molecule has 1 heterocycles. The van der Waals surface area contributed by atoms with E-state index in [0.717, 1.165) is 29.0 Å². The fraction of sp³-hybridized carbons (Fsp3) is 0.300. The van der Waals surface area contributed by atoms with Crippen molar-refractivity contribution in [3.05, 3.63) is 29.5 Å². The van der Waals surface area contributed by atoms with Crippen molar-refractivity contribution in [1.82, 2.24) is 9.55 Å². The fourth-order valence-corrected chi connectivity index (χ4v) is 1.73. The Labute approximate surface area is 92.5 Å². The molecule has 2 rings (SSSR count). The van der Waals surface area contributed by atoms with Gasteiger partial charge in [-0.25, -0.2) is 4.98 Å². The van der Waals surface area contributed by atoms with Crippen molar-refractivity contribution in [2.45, 2.75) is 13.0 Å². The van der Waals surface area contributed by atoms with Crippen molar-refractivity contribution < 1.29 is 0 Å². The van der Waals surface area contributed by atoms with Gasteiger partial charge in [0.25, 0.3) is 0 Å². The SMILES string of the molecule is ClCCCn1cnc2cc(Cl)ccc21. The van der Waals surface area contributed by atoms with Crippen molar-refractivity contribution in [2.24, 2.45) is 0 Å². The number of hydrogen-bond donors (Lipinski definition) is 0. The Morgan fingerprint density at radius 1 is 1.36 bits per heavy atom. The monoisotopic (exact) mass is 228 g/mol. The van der Waals surface area contributed by atoms with E-state index in [4.69, 9.17) is 23.2 Å². The molecule has 0 unspecified atom stereocenters. The van der Waals surface area contributed by atoms with Crippen LogP contribution < -0.4 is 0 Å². The number of fused-ring (bicyclic) bond motifs is 1. The molecule has 0 N–H and O–H groups in total. The molecule has 0 aliphatic heterocycles. The van der Waals surface area contributed by atoms with E-state index >= 15 is 0 Å². The zero-order chi connectivity index (χ0) is 9.97. The number of rotatable bonds is 3. The van der Waals surface area contributed by atoms with Gasteiger partial charge in [0.1, 0.15) is 0 Å². The summed E-state index contributed by atoms with van der Waals surface area (Å²) >= 11 is 11.5. The zero-order valence-electron chi connectivity index (χ0n) is 7.58. The second-order valence-electron chi connectivity index (χ2n) is 3.11. The molecule has 4 heteroatoms. The molecule has 0 saturated carbocycles. The first kappa shape index (κ1) is 9.81. The van der Waals surface area contributed by atoms with Crippen LogP contribution in [0.4, 0.5) is 0 Å². The highest BCUT2D eigenvalue weighted by Crippen LogP contribution is 2.18. The first-order valence-corrected chi connectivity index (χ1v) is 5.39. The van der Waals surface area contributed by atoms with Gasteiger partial charge in [-0.2, -0.15) is 0 Å². The Morgan fingerprint density at radius 3 is 3.00 bits per heavy atom. The topological polar surface area (TPSA) is 17.8 Å². The summed E-state index contributed by atoms with van der Waals surface area (Å²) in [6, 6.07) is 5.73. The molecule has 74 valence electrons. The number of nitrogens with zero attached hydrogens (tertiary/aromatic N) is 2. The van der Waals surface area contributed by atoms with Crippen molar-refractivity contribution >= 4 is 34.2 Å². The van der Waals surface area contributed by atoms with Crippen LogP contribution in [-0.2, 0) is 6.54 Å². The quantitative estimate of drug-likeness (QED) is 0.738. The normalized spacial score (nSPS) is 11.0. The number of imidazole rings is 1. The summed E-state index contributed by atoms with van der Waals surface area (Å²) in [5.41, 5.74) is 2.05. The molecule has 1 aromatic carbocycles. The minimum absolute atomic E-state index is 0.674. The van der Waals surface area contributed by atoms with Crippen molar-refractivity contribution in [2.75, 3.05) is 5.88 Å². The average Bonchev–Trinajstić information content (AvgIpc) is 2.57. The summed E-state index contributed by atoms with van der Waals surface area (Å²) in [7, 11) is 0. The molecule has 0 atom stereocenters. The Bertz CT molecular complexity index is 437. The van der Waals surface area contributed by atoms with E-state index in [1.54, 1.807) is 0 Å². The number of hydrogen-bond acceptors (Lipinski definition) is 1. The van der Waals surface area contributed by atoms with Crippen LogP contribution in [0.1, 0.15) is 6.42 Å². The van der Waals surface area contributed by atoms with Crippen molar-refractivity contribution in [3.8, 4) is 0 Å². The maximum Gasteiger partial charge on any atom is 0.0958 e. The molecule has 0 saturated heterocycles. The Hall–Kier alpha value is -0.730. The predicted octanol–water partition coefficient (Wildman–Crippen LogP) is 3.32. The largest absolute Gasteiger partial charge is 0.331 e. The van der Waals surface area contributed by atoms with Gasteiger partial charge in [0.15, 0.2) is 0 Å². The molecule has 0 aliphatic carbocycles. The van der Waals surface area contributed by atoms with Gasteiger partial charge in [-0.05, 0) is 24.6 Å². The average molecular weight is 229 g/mol. The van der Waals surface area contributed by atoms with E-state index in [-0.39, 0.29) is 0 Å². The molecule has 14 heavy (non-hydrogen) atoms. The third-order valence-electron chi connectivity index (χ3n) is 2.12. The first-order chi connectivity index (χ1) is 6.81. The smallest absolute Gasteiger partial charge is 0.0958 e. The Morgan fingerprint density at radius 2 is 2.21 bits per heavy atom. The van der Waals surface area contributed by atoms with Crippen LogP contribution in [0.2, 0.25) is 5.02 Å². The van der Waals surface area contributed by atoms with Gasteiger partial charge in [-0.3, -0.25) is 0 Å². The highest BCUT2D eigenvalue weighted by Gasteiger charge is 2.01. The number of aromatic nitrogens is 2. The highest BCUT2D eigenvalue weighted by atomic mass is 35.5. The second kappa shape index (κ2) is 4.20. The second-order valence-corrected chi connectivity index (χ2v) is 3.93. The van der Waals surface area contributed by atoms with Gasteiger partial charge in [0.05, 0.1) is 17.4 Å². The van der Waals surface area contributed by atoms with Gasteiger partial charge in [0, 0.05) is 17.4 Å². The predicted molar refractivity (Wildman–Crippen MR) is 60.1 cm³/mol. The van der Waals surface area contributed by atoms with E-state index in [2.05, 4.69) is 9.55 Å². The van der Waals surface area contributed by atoms with Crippen molar-refractivity contribution in [3.63, 3.8) is 0 Å². The Balaban J connectivity index is 2.37. The first-order valence-electron chi connectivity index (χ1n) is 4.47. The standard InChI is InChI=1S/C10H10Cl2N2/c11-4-1-5-14-7-13-9-6-8(12)2-3-10(9)14/h2-3,6-7H,1,4-5H2. The van der Waals surface area contributed by atoms with Crippen LogP contribution in [0.5, 0.6) is 0 Å². The summed E-state index contributed by atoms with van der Waals surface area (Å²) in [6.45, 7) is 0.904. The maximum atomic E-state index is 5.86. The molecule has 2 nitrogen and oxygen atoms in total. The van der Waals surface area contributed by atoms with E-state index in [1.165, 1.54) is 0 Å². The van der Waals surface area contributed by atoms with Gasteiger partial charge in [-0.15, -0.1) is 11.6 Å². The van der Waals surface area contributed by atoms with Crippen molar-refractivity contribution in [1.29, 1.82) is 0 Å². The van der Waals surface area contributed by atoms with E-state index in [0.29, 0.717) is 5.88 Å². The van der Waals surface area contributed by atoms with Gasteiger partial charge >= 0.3 is 0 Å². The number of aryl methyl sites for hydroxylation is 1. The Kier molecular flexibility index (Phi) is 2.94. The third-order valence-corrected chi connectivity index (χ3v) is 2.62. The molecule has 0 radical (unpaired) electrons. The summed E-state index contributed by atoms with van der Waals surface area (Å²) in [5.74, 6) is 0.674. The zero-order valence-corrected chi connectivity index (χ0v) is 9.09. The van der Waals surface area contributed by atoms with Crippen LogP contribution in [0, 0.1) is 0 Å². The lowest BCUT2D eigenvalue weighted by molar-refractivity contribution is 0.700. The number of alkyl halides is 1. The summed E-state index contributed by atoms with van der Waals surface area (Å²) in [5, 5.41) is 0.722. The third kappa shape index (κ3) is 1.86. The molecule has 0 spiro atoms. The minimum atomic E-state index is 0.674. The van der Waals surface area contributed by atoms with E-state index in [9.17, 15) is 0 Å². The lowest BCUT2D eigenvalue weighted by Crippen LogP contribution is -1.96. The summed E-state index contributed by atoms with van der Waals surface area (Å²) in [6.07, 6.45) is 2.78. The molecular formula is C10H10Cl2N2. The van der Waals surface area contributed by atoms with Crippen LogP contribution in [0.15, 0.2) is 24.5 Å². The van der Waals surface area contributed by atoms with E-state index < -0.39 is 0 Å². The number of benzene rings is 1. The molecule has 1 aromatic heterocycles. The lowest BCUT2D eigenvalue weighted by atomic mass is 10.3. The summed E-state index contributed by atoms with van der Waals surface area (Å²) < 4.78 is 2.09. The molecule has 0 amide bonds. The highest BCUT2D eigenvalue weighted by molar-refractivity contribution is 6.31. The molecule has 0 bridgehead atoms. The van der Waals surface area contributed by atoms with Gasteiger partial charge in [-0.1, -0.05) is 11.6 Å². The van der Waals surface area contributed by atoms with Crippen LogP contribution in [0.3, 0.4) is 0 Å². The van der Waals surface area contributed by atoms with Crippen LogP contribution in [0.25, 0.3) is 11.0 Å². The van der Waals surface area contributed by atoms with Gasteiger partial charge < -0.3 is 4.57 Å². The summed E-state index contributed by atoms with van der Waals surface area (Å²) in [4.78, 5) is 4.27. The number of halogens is 2. The fourth-order valence-electron chi connectivity index (χ4n) is 1.45. The lowest BCUT2D eigenvalue weighted by Gasteiger charge is -2.01. The van der Waals surface area contributed by atoms with Crippen LogP contribution >= 0.6 is 23.2 Å². The minimum Gasteiger partial charge on any atom is -0.331 e. The molecular weight excluding hydrogens is 219 g/mol.